The van der Waals surface area contributed by atoms with Gasteiger partial charge in [0.15, 0.2) is 0 Å². The fraction of sp³-hybridized carbons (Fsp3) is 0.190. The number of hydrogen-bond acceptors (Lipinski definition) is 5. The molecule has 28 heavy (non-hydrogen) atoms. The van der Waals surface area contributed by atoms with Crippen LogP contribution in [0.1, 0.15) is 33.8 Å². The Labute approximate surface area is 161 Å². The van der Waals surface area contributed by atoms with Crippen LogP contribution in [0.2, 0.25) is 0 Å². The Bertz CT molecular complexity index is 1020. The minimum atomic E-state index is -0.388. The SMILES string of the molecule is COC(=O)c1ccc([C@H]2CC(=O)Nc3c2cnn3-c2ccc(OC)cc2)cc1. The zero-order valence-corrected chi connectivity index (χ0v) is 15.5. The summed E-state index contributed by atoms with van der Waals surface area (Å²) in [6.45, 7) is 0. The lowest BCUT2D eigenvalue weighted by molar-refractivity contribution is -0.116. The number of carbonyl (C=O) groups excluding carboxylic acids is 2. The van der Waals surface area contributed by atoms with Crippen LogP contribution < -0.4 is 10.1 Å². The maximum atomic E-state index is 12.4. The number of rotatable bonds is 4. The van der Waals surface area contributed by atoms with Gasteiger partial charge >= 0.3 is 5.97 Å². The molecular formula is C21H19N3O4. The standard InChI is InChI=1S/C21H19N3O4/c1-27-16-9-7-15(8-10-16)24-20-18(12-22-24)17(11-19(25)23-20)13-3-5-14(6-4-13)21(26)28-2/h3-10,12,17H,11H2,1-2H3,(H,23,25)/t17-/m1/s1. The quantitative estimate of drug-likeness (QED) is 0.707. The summed E-state index contributed by atoms with van der Waals surface area (Å²) in [6.07, 6.45) is 2.09. The molecule has 2 heterocycles. The second kappa shape index (κ2) is 7.19. The van der Waals surface area contributed by atoms with E-state index in [1.54, 1.807) is 30.1 Å². The molecule has 0 radical (unpaired) electrons. The van der Waals surface area contributed by atoms with Crippen molar-refractivity contribution in [1.29, 1.82) is 0 Å². The summed E-state index contributed by atoms with van der Waals surface area (Å²) in [7, 11) is 2.96. The van der Waals surface area contributed by atoms with Crippen LogP contribution in [0.4, 0.5) is 5.82 Å². The largest absolute Gasteiger partial charge is 0.497 e. The third-order valence-corrected chi connectivity index (χ3v) is 4.87. The Balaban J connectivity index is 1.71. The summed E-state index contributed by atoms with van der Waals surface area (Å²) < 4.78 is 11.6. The van der Waals surface area contributed by atoms with Crippen LogP contribution >= 0.6 is 0 Å². The molecule has 0 aliphatic carbocycles. The Morgan fingerprint density at radius 3 is 2.46 bits per heavy atom. The number of nitrogens with zero attached hydrogens (tertiary/aromatic N) is 2. The Hall–Kier alpha value is -3.61. The van der Waals surface area contributed by atoms with Crippen LogP contribution in [0.25, 0.3) is 5.69 Å². The molecule has 3 aromatic rings. The molecule has 0 fully saturated rings. The van der Waals surface area contributed by atoms with E-state index in [4.69, 9.17) is 9.47 Å². The van der Waals surface area contributed by atoms with Gasteiger partial charge in [0.2, 0.25) is 5.91 Å². The zero-order chi connectivity index (χ0) is 19.7. The van der Waals surface area contributed by atoms with E-state index in [9.17, 15) is 9.59 Å². The molecule has 4 rings (SSSR count). The van der Waals surface area contributed by atoms with E-state index in [-0.39, 0.29) is 17.8 Å². The smallest absolute Gasteiger partial charge is 0.337 e. The number of hydrogen-bond donors (Lipinski definition) is 1. The van der Waals surface area contributed by atoms with Gasteiger partial charge in [0.1, 0.15) is 11.6 Å². The van der Waals surface area contributed by atoms with Crippen molar-refractivity contribution >= 4 is 17.7 Å². The first-order chi connectivity index (χ1) is 13.6. The molecule has 7 nitrogen and oxygen atoms in total. The number of anilines is 1. The van der Waals surface area contributed by atoms with E-state index in [1.807, 2.05) is 36.4 Å². The average molecular weight is 377 g/mol. The maximum absolute atomic E-state index is 12.4. The molecule has 0 bridgehead atoms. The van der Waals surface area contributed by atoms with Crippen molar-refractivity contribution in [2.75, 3.05) is 19.5 Å². The first kappa shape index (κ1) is 17.8. The van der Waals surface area contributed by atoms with E-state index in [0.29, 0.717) is 17.8 Å². The van der Waals surface area contributed by atoms with Crippen molar-refractivity contribution in [2.24, 2.45) is 0 Å². The lowest BCUT2D eigenvalue weighted by Crippen LogP contribution is -2.24. The highest BCUT2D eigenvalue weighted by Gasteiger charge is 2.30. The summed E-state index contributed by atoms with van der Waals surface area (Å²) in [5, 5.41) is 7.41. The van der Waals surface area contributed by atoms with Gasteiger partial charge < -0.3 is 14.8 Å². The fourth-order valence-corrected chi connectivity index (χ4v) is 3.41. The number of amides is 1. The van der Waals surface area contributed by atoms with Gasteiger partial charge in [0.25, 0.3) is 0 Å². The van der Waals surface area contributed by atoms with Crippen LogP contribution in [-0.4, -0.2) is 35.9 Å². The van der Waals surface area contributed by atoms with Gasteiger partial charge in [-0.3, -0.25) is 4.79 Å². The Morgan fingerprint density at radius 2 is 1.82 bits per heavy atom. The molecule has 7 heteroatoms. The molecule has 2 aromatic carbocycles. The normalized spacial score (nSPS) is 15.5. The predicted molar refractivity (Wildman–Crippen MR) is 103 cm³/mol. The minimum Gasteiger partial charge on any atom is -0.497 e. The topological polar surface area (TPSA) is 82.5 Å². The van der Waals surface area contributed by atoms with Gasteiger partial charge in [0, 0.05) is 17.9 Å². The molecular weight excluding hydrogens is 358 g/mol. The molecule has 142 valence electrons. The molecule has 0 saturated carbocycles. The molecule has 1 aromatic heterocycles. The molecule has 0 saturated heterocycles. The van der Waals surface area contributed by atoms with Crippen LogP contribution in [0.5, 0.6) is 5.75 Å². The van der Waals surface area contributed by atoms with Crippen molar-refractivity contribution in [3.63, 3.8) is 0 Å². The van der Waals surface area contributed by atoms with Crippen molar-refractivity contribution in [3.05, 3.63) is 71.4 Å². The number of carbonyl (C=O) groups is 2. The number of aromatic nitrogens is 2. The number of nitrogens with one attached hydrogen (secondary N) is 1. The molecule has 1 N–H and O–H groups in total. The predicted octanol–water partition coefficient (Wildman–Crippen LogP) is 3.14. The van der Waals surface area contributed by atoms with E-state index in [0.717, 1.165) is 22.6 Å². The number of benzene rings is 2. The number of fused-ring (bicyclic) bond motifs is 1. The average Bonchev–Trinajstić information content (AvgIpc) is 3.16. The van der Waals surface area contributed by atoms with Crippen molar-refractivity contribution in [3.8, 4) is 11.4 Å². The lowest BCUT2D eigenvalue weighted by Gasteiger charge is -2.24. The second-order valence-electron chi connectivity index (χ2n) is 6.48. The van der Waals surface area contributed by atoms with Crippen molar-refractivity contribution in [2.45, 2.75) is 12.3 Å². The van der Waals surface area contributed by atoms with Crippen LogP contribution in [-0.2, 0) is 9.53 Å². The molecule has 1 amide bonds. The molecule has 1 aliphatic heterocycles. The fourth-order valence-electron chi connectivity index (χ4n) is 3.41. The molecule has 1 aliphatic rings. The van der Waals surface area contributed by atoms with Crippen LogP contribution in [0.3, 0.4) is 0 Å². The summed E-state index contributed by atoms with van der Waals surface area (Å²) in [5.74, 6) is 0.800. The highest BCUT2D eigenvalue weighted by atomic mass is 16.5. The summed E-state index contributed by atoms with van der Waals surface area (Å²) >= 11 is 0. The van der Waals surface area contributed by atoms with E-state index < -0.39 is 0 Å². The Morgan fingerprint density at radius 1 is 1.11 bits per heavy atom. The second-order valence-corrected chi connectivity index (χ2v) is 6.48. The first-order valence-electron chi connectivity index (χ1n) is 8.81. The van der Waals surface area contributed by atoms with E-state index in [2.05, 4.69) is 10.4 Å². The van der Waals surface area contributed by atoms with Gasteiger partial charge in [-0.1, -0.05) is 12.1 Å². The van der Waals surface area contributed by atoms with Gasteiger partial charge in [-0.15, -0.1) is 0 Å². The van der Waals surface area contributed by atoms with Crippen LogP contribution in [0, 0.1) is 0 Å². The van der Waals surface area contributed by atoms with Gasteiger partial charge in [-0.25, -0.2) is 9.48 Å². The third kappa shape index (κ3) is 3.11. The number of ether oxygens (including phenoxy) is 2. The first-order valence-corrected chi connectivity index (χ1v) is 8.81. The lowest BCUT2D eigenvalue weighted by atomic mass is 9.87. The van der Waals surface area contributed by atoms with Gasteiger partial charge in [0.05, 0.1) is 31.7 Å². The number of esters is 1. The molecule has 0 spiro atoms. The number of methoxy groups -OCH3 is 2. The zero-order valence-electron chi connectivity index (χ0n) is 15.5. The van der Waals surface area contributed by atoms with Crippen LogP contribution in [0.15, 0.2) is 54.7 Å². The minimum absolute atomic E-state index is 0.0789. The Kier molecular flexibility index (Phi) is 4.57. The van der Waals surface area contributed by atoms with Gasteiger partial charge in [-0.2, -0.15) is 5.10 Å². The molecule has 0 unspecified atom stereocenters. The highest BCUT2D eigenvalue weighted by Crippen LogP contribution is 2.38. The third-order valence-electron chi connectivity index (χ3n) is 4.87. The summed E-state index contributed by atoms with van der Waals surface area (Å²) in [6, 6.07) is 14.6. The highest BCUT2D eigenvalue weighted by molar-refractivity contribution is 5.95. The summed E-state index contributed by atoms with van der Waals surface area (Å²) in [5.41, 5.74) is 3.17. The van der Waals surface area contributed by atoms with Crippen molar-refractivity contribution < 1.29 is 19.1 Å². The summed E-state index contributed by atoms with van der Waals surface area (Å²) in [4.78, 5) is 24.0. The molecule has 1 atom stereocenters. The monoisotopic (exact) mass is 377 g/mol. The van der Waals surface area contributed by atoms with E-state index in [1.165, 1.54) is 7.11 Å². The van der Waals surface area contributed by atoms with Crippen molar-refractivity contribution in [1.82, 2.24) is 9.78 Å². The maximum Gasteiger partial charge on any atom is 0.337 e. The van der Waals surface area contributed by atoms with E-state index >= 15 is 0 Å². The van der Waals surface area contributed by atoms with Gasteiger partial charge in [-0.05, 0) is 42.0 Å².